The number of hydrogen-bond acceptors (Lipinski definition) is 2. The Labute approximate surface area is 207 Å². The molecule has 0 spiro atoms. The van der Waals surface area contributed by atoms with Crippen LogP contribution in [0.1, 0.15) is 98.3 Å². The monoisotopic (exact) mass is 466 g/mol. The molecular formula is C31H46O3. The molecule has 0 radical (unpaired) electrons. The number of fused-ring (bicyclic) bond motifs is 7. The molecule has 5 aliphatic rings. The number of hydrogen-bond donors (Lipinski definition) is 2. The molecule has 188 valence electrons. The lowest BCUT2D eigenvalue weighted by molar-refractivity contribution is -0.211. The van der Waals surface area contributed by atoms with Crippen molar-refractivity contribution in [1.29, 1.82) is 0 Å². The Morgan fingerprint density at radius 1 is 0.971 bits per heavy atom. The van der Waals surface area contributed by atoms with Crippen molar-refractivity contribution in [2.75, 3.05) is 0 Å². The van der Waals surface area contributed by atoms with Crippen molar-refractivity contribution in [3.8, 4) is 12.3 Å². The average Bonchev–Trinajstić information content (AvgIpc) is 3.16. The molecule has 0 saturated heterocycles. The van der Waals surface area contributed by atoms with Crippen molar-refractivity contribution in [1.82, 2.24) is 0 Å². The van der Waals surface area contributed by atoms with E-state index in [0.717, 1.165) is 57.8 Å². The van der Waals surface area contributed by atoms with Gasteiger partial charge in [-0.05, 0) is 131 Å². The van der Waals surface area contributed by atoms with Crippen molar-refractivity contribution in [2.45, 2.75) is 104 Å². The lowest BCUT2D eigenvalue weighted by Crippen LogP contribution is -2.64. The largest absolute Gasteiger partial charge is 0.481 e. The summed E-state index contributed by atoms with van der Waals surface area (Å²) in [5.41, 5.74) is 0.659. The van der Waals surface area contributed by atoms with Crippen LogP contribution >= 0.6 is 0 Å². The van der Waals surface area contributed by atoms with Crippen LogP contribution in [0.2, 0.25) is 0 Å². The Hall–Kier alpha value is -1.27. The van der Waals surface area contributed by atoms with Crippen LogP contribution < -0.4 is 0 Å². The molecule has 34 heavy (non-hydrogen) atoms. The highest BCUT2D eigenvalue weighted by atomic mass is 16.4. The van der Waals surface area contributed by atoms with Crippen LogP contribution in [-0.4, -0.2) is 22.3 Å². The van der Waals surface area contributed by atoms with Gasteiger partial charge in [-0.1, -0.05) is 25.3 Å². The van der Waals surface area contributed by atoms with E-state index >= 15 is 0 Å². The molecule has 3 heteroatoms. The standard InChI is InChI=1S/C31H46O3/c1-7-28(4)24-12-14-29(5)22-11-17-31(27(33)34)16-10-20(18-19(2)3)26(31)21(22)8-9-23(29)30(24,6)15-13-25(28)32/h1,20-26,32H,2,8-18H2,3-6H3,(H,33,34)/t20?,21?,22?,23?,24?,25-,26?,28-,29-,30+,31-/m0/s1. The maximum absolute atomic E-state index is 12.7. The van der Waals surface area contributed by atoms with Crippen LogP contribution in [0.3, 0.4) is 0 Å². The van der Waals surface area contributed by atoms with Gasteiger partial charge in [-0.2, -0.15) is 0 Å². The molecule has 11 atom stereocenters. The van der Waals surface area contributed by atoms with Crippen LogP contribution in [0, 0.1) is 69.5 Å². The second-order valence-corrected chi connectivity index (χ2v) is 14.0. The van der Waals surface area contributed by atoms with Crippen LogP contribution in [0.25, 0.3) is 0 Å². The van der Waals surface area contributed by atoms with Crippen LogP contribution in [0.5, 0.6) is 0 Å². The molecule has 0 heterocycles. The summed E-state index contributed by atoms with van der Waals surface area (Å²) in [6.07, 6.45) is 17.0. The van der Waals surface area contributed by atoms with Gasteiger partial charge in [0, 0.05) is 0 Å². The lowest BCUT2D eigenvalue weighted by atomic mass is 9.36. The number of aliphatic hydroxyl groups is 1. The predicted molar refractivity (Wildman–Crippen MR) is 136 cm³/mol. The first-order valence-corrected chi connectivity index (χ1v) is 14.0. The molecule has 0 amide bonds. The molecule has 0 aliphatic heterocycles. The normalized spacial score (nSPS) is 54.1. The molecule has 0 aromatic carbocycles. The van der Waals surface area contributed by atoms with Gasteiger partial charge in [-0.3, -0.25) is 4.79 Å². The summed E-state index contributed by atoms with van der Waals surface area (Å²) in [6, 6.07) is 0. The second-order valence-electron chi connectivity index (χ2n) is 14.0. The van der Waals surface area contributed by atoms with Gasteiger partial charge in [-0.25, -0.2) is 0 Å². The topological polar surface area (TPSA) is 57.5 Å². The summed E-state index contributed by atoms with van der Waals surface area (Å²) in [5.74, 6) is 5.41. The Kier molecular flexibility index (Phi) is 5.65. The zero-order valence-corrected chi connectivity index (χ0v) is 21.9. The molecule has 0 bridgehead atoms. The number of aliphatic hydroxyl groups excluding tert-OH is 1. The van der Waals surface area contributed by atoms with Gasteiger partial charge in [0.2, 0.25) is 0 Å². The Balaban J connectivity index is 1.51. The summed E-state index contributed by atoms with van der Waals surface area (Å²) < 4.78 is 0. The van der Waals surface area contributed by atoms with E-state index in [1.807, 2.05) is 0 Å². The average molecular weight is 467 g/mol. The van der Waals surface area contributed by atoms with E-state index in [4.69, 9.17) is 6.42 Å². The SMILES string of the molecule is C#C[C@@]1(C)C2CC[C@@]3(C)C4CC[C@@]5(C(=O)O)CCC(CC(=C)C)C5C4CCC3[C@@]2(C)CC[C@@H]1O. The Morgan fingerprint density at radius 2 is 1.65 bits per heavy atom. The molecule has 5 rings (SSSR count). The van der Waals surface area contributed by atoms with E-state index in [9.17, 15) is 15.0 Å². The molecule has 2 N–H and O–H groups in total. The lowest BCUT2D eigenvalue weighted by Gasteiger charge is -2.68. The molecule has 0 aromatic heterocycles. The quantitative estimate of drug-likeness (QED) is 0.359. The highest BCUT2D eigenvalue weighted by Crippen LogP contribution is 2.73. The van der Waals surface area contributed by atoms with Crippen molar-refractivity contribution in [3.05, 3.63) is 12.2 Å². The maximum Gasteiger partial charge on any atom is 0.309 e. The van der Waals surface area contributed by atoms with Crippen LogP contribution in [0.15, 0.2) is 12.2 Å². The minimum Gasteiger partial charge on any atom is -0.481 e. The zero-order valence-electron chi connectivity index (χ0n) is 21.9. The fraction of sp³-hybridized carbons (Fsp3) is 0.839. The van der Waals surface area contributed by atoms with Gasteiger partial charge in [0.1, 0.15) is 0 Å². The minimum atomic E-state index is -0.533. The second kappa shape index (κ2) is 7.86. The summed E-state index contributed by atoms with van der Waals surface area (Å²) in [6.45, 7) is 13.5. The van der Waals surface area contributed by atoms with Crippen LogP contribution in [0.4, 0.5) is 0 Å². The molecule has 5 aliphatic carbocycles. The third kappa shape index (κ3) is 3.03. The maximum atomic E-state index is 12.7. The van der Waals surface area contributed by atoms with E-state index in [2.05, 4.69) is 40.2 Å². The van der Waals surface area contributed by atoms with E-state index in [1.165, 1.54) is 18.4 Å². The fourth-order valence-corrected chi connectivity index (χ4v) is 11.3. The van der Waals surface area contributed by atoms with E-state index in [-0.39, 0.29) is 10.8 Å². The number of rotatable bonds is 3. The van der Waals surface area contributed by atoms with Gasteiger partial charge in [-0.15, -0.1) is 13.0 Å². The number of allylic oxidation sites excluding steroid dienone is 1. The van der Waals surface area contributed by atoms with Gasteiger partial charge in [0.25, 0.3) is 0 Å². The van der Waals surface area contributed by atoms with Gasteiger partial charge >= 0.3 is 5.97 Å². The minimum absolute atomic E-state index is 0.159. The summed E-state index contributed by atoms with van der Waals surface area (Å²) in [7, 11) is 0. The van der Waals surface area contributed by atoms with Crippen LogP contribution in [-0.2, 0) is 4.79 Å². The third-order valence-electron chi connectivity index (χ3n) is 12.7. The van der Waals surface area contributed by atoms with Gasteiger partial charge in [0.05, 0.1) is 16.9 Å². The Morgan fingerprint density at radius 3 is 2.29 bits per heavy atom. The highest BCUT2D eigenvalue weighted by Gasteiger charge is 2.68. The highest BCUT2D eigenvalue weighted by molar-refractivity contribution is 5.76. The summed E-state index contributed by atoms with van der Waals surface area (Å²) in [5, 5.41) is 21.4. The smallest absolute Gasteiger partial charge is 0.309 e. The van der Waals surface area contributed by atoms with Gasteiger partial charge < -0.3 is 10.2 Å². The molecule has 5 fully saturated rings. The van der Waals surface area contributed by atoms with Gasteiger partial charge in [0.15, 0.2) is 0 Å². The predicted octanol–water partition coefficient (Wildman–Crippen LogP) is 6.70. The first-order chi connectivity index (χ1) is 15.9. The molecular weight excluding hydrogens is 420 g/mol. The number of carbonyl (C=O) groups is 1. The first kappa shape index (κ1) is 24.4. The summed E-state index contributed by atoms with van der Waals surface area (Å²) in [4.78, 5) is 12.7. The number of terminal acetylenes is 1. The zero-order chi connectivity index (χ0) is 24.7. The molecule has 6 unspecified atom stereocenters. The van der Waals surface area contributed by atoms with E-state index < -0.39 is 22.9 Å². The Bertz CT molecular complexity index is 916. The van der Waals surface area contributed by atoms with Crippen molar-refractivity contribution in [3.63, 3.8) is 0 Å². The number of carboxylic acid groups (broad SMARTS) is 1. The number of aliphatic carboxylic acids is 1. The van der Waals surface area contributed by atoms with Crippen molar-refractivity contribution in [2.24, 2.45) is 57.2 Å². The fourth-order valence-electron chi connectivity index (χ4n) is 11.3. The molecule has 5 saturated carbocycles. The number of carboxylic acids is 1. The van der Waals surface area contributed by atoms with Crippen molar-refractivity contribution < 1.29 is 15.0 Å². The van der Waals surface area contributed by atoms with Crippen molar-refractivity contribution >= 4 is 5.97 Å². The molecule has 3 nitrogen and oxygen atoms in total. The molecule has 0 aromatic rings. The first-order valence-electron chi connectivity index (χ1n) is 14.0. The van der Waals surface area contributed by atoms with E-state index in [0.29, 0.717) is 35.5 Å². The van der Waals surface area contributed by atoms with E-state index in [1.54, 1.807) is 0 Å². The summed E-state index contributed by atoms with van der Waals surface area (Å²) >= 11 is 0. The third-order valence-corrected chi connectivity index (χ3v) is 12.7.